The van der Waals surface area contributed by atoms with Crippen molar-refractivity contribution >= 4 is 21.9 Å². The number of carbonyl (C=O) groups is 2. The first-order valence-electron chi connectivity index (χ1n) is 6.97. The van der Waals surface area contributed by atoms with E-state index in [9.17, 15) is 18.0 Å². The lowest BCUT2D eigenvalue weighted by atomic mass is 10.1. The maximum Gasteiger partial charge on any atom is 0.326 e. The van der Waals surface area contributed by atoms with E-state index in [4.69, 9.17) is 9.84 Å². The highest BCUT2D eigenvalue weighted by Gasteiger charge is 2.35. The molecule has 0 spiro atoms. The van der Waals surface area contributed by atoms with E-state index in [1.54, 1.807) is 0 Å². The summed E-state index contributed by atoms with van der Waals surface area (Å²) in [7, 11) is -1.23. The highest BCUT2D eigenvalue weighted by molar-refractivity contribution is 7.89. The lowest BCUT2D eigenvalue weighted by molar-refractivity contribution is -0.141. The monoisotopic (exact) mass is 342 g/mol. The van der Waals surface area contributed by atoms with Gasteiger partial charge in [-0.1, -0.05) is 0 Å². The van der Waals surface area contributed by atoms with Gasteiger partial charge in [-0.3, -0.25) is 4.79 Å². The van der Waals surface area contributed by atoms with E-state index in [0.717, 1.165) is 0 Å². The van der Waals surface area contributed by atoms with E-state index in [1.165, 1.54) is 37.3 Å². The van der Waals surface area contributed by atoms with Crippen LogP contribution in [0.5, 0.6) is 5.75 Å². The molecule has 1 amide bonds. The molecule has 0 bridgehead atoms. The molecule has 1 aromatic carbocycles. The number of carboxylic acids is 1. The molecular weight excluding hydrogens is 324 g/mol. The lowest BCUT2D eigenvalue weighted by Gasteiger charge is -2.22. The molecule has 0 aromatic heterocycles. The first-order chi connectivity index (χ1) is 10.8. The fraction of sp³-hybridized carbons (Fsp3) is 0.429. The van der Waals surface area contributed by atoms with Crippen molar-refractivity contribution in [2.24, 2.45) is 0 Å². The molecular formula is C14H18N2O6S. The maximum atomic E-state index is 12.5. The molecule has 1 aliphatic rings. The van der Waals surface area contributed by atoms with Gasteiger partial charge in [-0.25, -0.2) is 17.9 Å². The van der Waals surface area contributed by atoms with Crippen molar-refractivity contribution in [1.82, 2.24) is 9.62 Å². The molecule has 0 unspecified atom stereocenters. The first kappa shape index (κ1) is 17.2. The molecule has 0 saturated carbocycles. The third-order valence-electron chi connectivity index (χ3n) is 3.77. The van der Waals surface area contributed by atoms with Crippen LogP contribution >= 0.6 is 0 Å². The number of sulfonamides is 1. The molecule has 2 rings (SSSR count). The molecule has 8 nitrogen and oxygen atoms in total. The van der Waals surface area contributed by atoms with Gasteiger partial charge in [0.05, 0.1) is 7.11 Å². The van der Waals surface area contributed by atoms with E-state index in [0.29, 0.717) is 19.4 Å². The summed E-state index contributed by atoms with van der Waals surface area (Å²) in [5.41, 5.74) is 0.104. The van der Waals surface area contributed by atoms with E-state index in [2.05, 4.69) is 4.72 Å². The Morgan fingerprint density at radius 2 is 2.09 bits per heavy atom. The van der Waals surface area contributed by atoms with E-state index >= 15 is 0 Å². The van der Waals surface area contributed by atoms with Gasteiger partial charge in [0.25, 0.3) is 5.91 Å². The number of aliphatic carboxylic acids is 1. The van der Waals surface area contributed by atoms with Gasteiger partial charge in [0, 0.05) is 12.1 Å². The number of ether oxygens (including phenoxy) is 1. The second kappa shape index (κ2) is 6.55. The van der Waals surface area contributed by atoms with Crippen LogP contribution < -0.4 is 9.46 Å². The number of amides is 1. The van der Waals surface area contributed by atoms with Crippen molar-refractivity contribution in [3.63, 3.8) is 0 Å². The third-order valence-corrected chi connectivity index (χ3v) is 5.20. The molecule has 0 aliphatic carbocycles. The molecule has 1 saturated heterocycles. The lowest BCUT2D eigenvalue weighted by Crippen LogP contribution is -2.40. The fourth-order valence-electron chi connectivity index (χ4n) is 2.56. The Morgan fingerprint density at radius 3 is 2.65 bits per heavy atom. The Hall–Kier alpha value is -2.13. The second-order valence-electron chi connectivity index (χ2n) is 5.07. The number of nitrogens with one attached hydrogen (secondary N) is 1. The van der Waals surface area contributed by atoms with Gasteiger partial charge in [-0.15, -0.1) is 0 Å². The van der Waals surface area contributed by atoms with Gasteiger partial charge < -0.3 is 14.7 Å². The van der Waals surface area contributed by atoms with Gasteiger partial charge in [0.1, 0.15) is 16.7 Å². The number of benzene rings is 1. The number of carbonyl (C=O) groups excluding carboxylic acids is 1. The van der Waals surface area contributed by atoms with Crippen LogP contribution in [0, 0.1) is 0 Å². The van der Waals surface area contributed by atoms with Crippen LogP contribution in [0.4, 0.5) is 0 Å². The van der Waals surface area contributed by atoms with Crippen LogP contribution in [0.15, 0.2) is 23.1 Å². The predicted octanol–water partition coefficient (Wildman–Crippen LogP) is 0.293. The Labute approximate surface area is 134 Å². The Balaban J connectivity index is 2.43. The van der Waals surface area contributed by atoms with Crippen LogP contribution in [-0.2, 0) is 14.8 Å². The highest BCUT2D eigenvalue weighted by atomic mass is 32.2. The molecule has 1 aliphatic heterocycles. The van der Waals surface area contributed by atoms with Crippen molar-refractivity contribution in [3.05, 3.63) is 23.8 Å². The topological polar surface area (TPSA) is 113 Å². The molecule has 9 heteroatoms. The summed E-state index contributed by atoms with van der Waals surface area (Å²) in [6, 6.07) is 3.12. The summed E-state index contributed by atoms with van der Waals surface area (Å²) in [6.45, 7) is 0.329. The number of likely N-dealkylation sites (tertiary alicyclic amines) is 1. The molecule has 23 heavy (non-hydrogen) atoms. The van der Waals surface area contributed by atoms with Crippen molar-refractivity contribution in [2.75, 3.05) is 20.7 Å². The zero-order valence-corrected chi connectivity index (χ0v) is 13.6. The number of hydrogen-bond donors (Lipinski definition) is 2. The van der Waals surface area contributed by atoms with Crippen LogP contribution in [-0.4, -0.2) is 57.0 Å². The second-order valence-corrected chi connectivity index (χ2v) is 6.92. The fourth-order valence-corrected chi connectivity index (χ4v) is 3.48. The summed E-state index contributed by atoms with van der Waals surface area (Å²) in [6.07, 6.45) is 0.986. The summed E-state index contributed by atoms with van der Waals surface area (Å²) in [5, 5.41) is 9.16. The number of carboxylic acid groups (broad SMARTS) is 1. The van der Waals surface area contributed by atoms with Crippen LogP contribution in [0.2, 0.25) is 0 Å². The van der Waals surface area contributed by atoms with E-state index in [1.807, 2.05) is 0 Å². The zero-order chi connectivity index (χ0) is 17.2. The SMILES string of the molecule is CNS(=O)(=O)c1cc(C(=O)N2CCC[C@@H]2C(=O)O)ccc1OC. The van der Waals surface area contributed by atoms with Crippen molar-refractivity contribution < 1.29 is 27.9 Å². The maximum absolute atomic E-state index is 12.5. The average Bonchev–Trinajstić information content (AvgIpc) is 3.03. The van der Waals surface area contributed by atoms with Crippen LogP contribution in [0.25, 0.3) is 0 Å². The molecule has 1 aromatic rings. The molecule has 1 fully saturated rings. The van der Waals surface area contributed by atoms with Gasteiger partial charge in [0.2, 0.25) is 10.0 Å². The minimum atomic E-state index is -3.81. The molecule has 126 valence electrons. The summed E-state index contributed by atoms with van der Waals surface area (Å²) in [5.74, 6) is -1.47. The average molecular weight is 342 g/mol. The summed E-state index contributed by atoms with van der Waals surface area (Å²) in [4.78, 5) is 24.8. The molecule has 2 N–H and O–H groups in total. The van der Waals surface area contributed by atoms with Gasteiger partial charge in [-0.2, -0.15) is 0 Å². The first-order valence-corrected chi connectivity index (χ1v) is 8.45. The Kier molecular flexibility index (Phi) is 4.90. The van der Waals surface area contributed by atoms with Gasteiger partial charge in [-0.05, 0) is 38.1 Å². The minimum Gasteiger partial charge on any atom is -0.495 e. The standard InChI is InChI=1S/C14H18N2O6S/c1-15-23(20,21)12-8-9(5-6-11(12)22-2)13(17)16-7-3-4-10(16)14(18)19/h5-6,8,10,15H,3-4,7H2,1-2H3,(H,18,19)/t10-/m1/s1. The minimum absolute atomic E-state index is 0.104. The van der Waals surface area contributed by atoms with E-state index in [-0.39, 0.29) is 16.2 Å². The molecule has 1 atom stereocenters. The zero-order valence-electron chi connectivity index (χ0n) is 12.8. The number of hydrogen-bond acceptors (Lipinski definition) is 5. The van der Waals surface area contributed by atoms with Crippen LogP contribution in [0.1, 0.15) is 23.2 Å². The highest BCUT2D eigenvalue weighted by Crippen LogP contribution is 2.27. The normalized spacial score (nSPS) is 18.0. The molecule has 0 radical (unpaired) electrons. The Morgan fingerprint density at radius 1 is 1.39 bits per heavy atom. The van der Waals surface area contributed by atoms with E-state index < -0.39 is 27.9 Å². The predicted molar refractivity (Wildman–Crippen MR) is 80.9 cm³/mol. The van der Waals surface area contributed by atoms with Crippen molar-refractivity contribution in [3.8, 4) is 5.75 Å². The van der Waals surface area contributed by atoms with Crippen LogP contribution in [0.3, 0.4) is 0 Å². The smallest absolute Gasteiger partial charge is 0.326 e. The number of rotatable bonds is 5. The number of methoxy groups -OCH3 is 1. The number of nitrogens with zero attached hydrogens (tertiary/aromatic N) is 1. The van der Waals surface area contributed by atoms with Gasteiger partial charge >= 0.3 is 5.97 Å². The summed E-state index contributed by atoms with van der Waals surface area (Å²) < 4.78 is 31.3. The largest absolute Gasteiger partial charge is 0.495 e. The summed E-state index contributed by atoms with van der Waals surface area (Å²) >= 11 is 0. The third kappa shape index (κ3) is 3.30. The van der Waals surface area contributed by atoms with Gasteiger partial charge in [0.15, 0.2) is 0 Å². The van der Waals surface area contributed by atoms with Crippen molar-refractivity contribution in [2.45, 2.75) is 23.8 Å². The van der Waals surface area contributed by atoms with Crippen molar-refractivity contribution in [1.29, 1.82) is 0 Å². The Bertz CT molecular complexity index is 731. The quantitative estimate of drug-likeness (QED) is 0.795. The molecule has 1 heterocycles.